The van der Waals surface area contributed by atoms with Crippen molar-refractivity contribution in [1.82, 2.24) is 0 Å². The molecule has 0 saturated heterocycles. The molecule has 1 heteroatoms. The molecule has 0 radical (unpaired) electrons. The Morgan fingerprint density at radius 3 is 2.75 bits per heavy atom. The number of rotatable bonds is 2. The number of aryl methyl sites for hydroxylation is 1. The topological polar surface area (TPSA) is 0 Å². The Labute approximate surface area is 106 Å². The molecule has 0 aliphatic heterocycles. The van der Waals surface area contributed by atoms with Gasteiger partial charge in [-0.2, -0.15) is 0 Å². The van der Waals surface area contributed by atoms with E-state index in [0.29, 0.717) is 0 Å². The van der Waals surface area contributed by atoms with E-state index in [1.807, 2.05) is 0 Å². The largest absolute Gasteiger partial charge is 0.0871 e. The molecule has 1 aliphatic carbocycles. The maximum absolute atomic E-state index is 3.77. The summed E-state index contributed by atoms with van der Waals surface area (Å²) >= 11 is 3.77. The maximum atomic E-state index is 3.77. The van der Waals surface area contributed by atoms with Gasteiger partial charge in [-0.15, -0.1) is 0 Å². The number of hydrogen-bond acceptors (Lipinski definition) is 0. The predicted molar refractivity (Wildman–Crippen MR) is 74.6 cm³/mol. The zero-order valence-electron chi connectivity index (χ0n) is 9.89. The molecule has 0 unspecified atom stereocenters. The van der Waals surface area contributed by atoms with Gasteiger partial charge in [0.2, 0.25) is 0 Å². The highest BCUT2D eigenvalue weighted by molar-refractivity contribution is 9.10. The van der Waals surface area contributed by atoms with Crippen LogP contribution in [0.5, 0.6) is 0 Å². The molecule has 0 spiro atoms. The fraction of sp³-hybridized carbons (Fsp3) is 0.333. The van der Waals surface area contributed by atoms with Gasteiger partial charge in [0.15, 0.2) is 0 Å². The third-order valence-corrected chi connectivity index (χ3v) is 4.09. The summed E-state index contributed by atoms with van der Waals surface area (Å²) in [6.07, 6.45) is 10.2. The van der Waals surface area contributed by atoms with Gasteiger partial charge in [0.05, 0.1) is 0 Å². The molecular weight excluding hydrogens is 260 g/mol. The van der Waals surface area contributed by atoms with Crippen molar-refractivity contribution in [3.8, 4) is 0 Å². The smallest absolute Gasteiger partial charge is 0.0288 e. The SMILES string of the molecule is C/C=C\C(=C/C)c1ccc2c(c1Br)CCC2. The molecule has 1 aromatic rings. The highest BCUT2D eigenvalue weighted by Crippen LogP contribution is 2.35. The van der Waals surface area contributed by atoms with E-state index in [2.05, 4.69) is 60.1 Å². The van der Waals surface area contributed by atoms with Crippen molar-refractivity contribution in [2.24, 2.45) is 0 Å². The van der Waals surface area contributed by atoms with Gasteiger partial charge in [-0.25, -0.2) is 0 Å². The van der Waals surface area contributed by atoms with Crippen molar-refractivity contribution in [1.29, 1.82) is 0 Å². The van der Waals surface area contributed by atoms with Gasteiger partial charge in [0.25, 0.3) is 0 Å². The Morgan fingerprint density at radius 1 is 1.25 bits per heavy atom. The summed E-state index contributed by atoms with van der Waals surface area (Å²) in [6, 6.07) is 4.53. The molecule has 1 aromatic carbocycles. The van der Waals surface area contributed by atoms with Crippen molar-refractivity contribution in [3.05, 3.63) is 51.5 Å². The lowest BCUT2D eigenvalue weighted by atomic mass is 10.00. The van der Waals surface area contributed by atoms with Crippen LogP contribution in [0.2, 0.25) is 0 Å². The van der Waals surface area contributed by atoms with Gasteiger partial charge in [-0.1, -0.05) is 30.4 Å². The monoisotopic (exact) mass is 276 g/mol. The van der Waals surface area contributed by atoms with E-state index in [-0.39, 0.29) is 0 Å². The lowest BCUT2D eigenvalue weighted by molar-refractivity contribution is 0.910. The first-order chi connectivity index (χ1) is 7.77. The van der Waals surface area contributed by atoms with Crippen LogP contribution in [-0.2, 0) is 12.8 Å². The van der Waals surface area contributed by atoms with Gasteiger partial charge < -0.3 is 0 Å². The number of hydrogen-bond donors (Lipinski definition) is 0. The van der Waals surface area contributed by atoms with E-state index in [0.717, 1.165) is 0 Å². The van der Waals surface area contributed by atoms with Crippen molar-refractivity contribution >= 4 is 21.5 Å². The lowest BCUT2D eigenvalue weighted by Gasteiger charge is -2.10. The molecule has 0 fully saturated rings. The van der Waals surface area contributed by atoms with E-state index in [9.17, 15) is 0 Å². The second-order valence-electron chi connectivity index (χ2n) is 4.16. The van der Waals surface area contributed by atoms with Crippen LogP contribution in [0.25, 0.3) is 5.57 Å². The Balaban J connectivity index is 2.51. The quantitative estimate of drug-likeness (QED) is 0.673. The molecule has 1 aliphatic rings. The molecule has 0 amide bonds. The van der Waals surface area contributed by atoms with Gasteiger partial charge in [-0.05, 0) is 71.3 Å². The molecule has 0 nitrogen and oxygen atoms in total. The predicted octanol–water partition coefficient (Wildman–Crippen LogP) is 4.92. The fourth-order valence-corrected chi connectivity index (χ4v) is 3.18. The Kier molecular flexibility index (Phi) is 3.65. The molecule has 0 atom stereocenters. The van der Waals surface area contributed by atoms with E-state index in [1.54, 1.807) is 0 Å². The van der Waals surface area contributed by atoms with E-state index >= 15 is 0 Å². The highest BCUT2D eigenvalue weighted by Gasteiger charge is 2.16. The summed E-state index contributed by atoms with van der Waals surface area (Å²) in [5, 5.41) is 0. The first-order valence-electron chi connectivity index (χ1n) is 5.87. The Bertz CT molecular complexity index is 453. The molecule has 0 saturated carbocycles. The fourth-order valence-electron chi connectivity index (χ4n) is 2.37. The second kappa shape index (κ2) is 5.01. The highest BCUT2D eigenvalue weighted by atomic mass is 79.9. The van der Waals surface area contributed by atoms with Crippen molar-refractivity contribution in [2.45, 2.75) is 33.1 Å². The van der Waals surface area contributed by atoms with Crippen LogP contribution >= 0.6 is 15.9 Å². The molecular formula is C15H17Br. The van der Waals surface area contributed by atoms with Gasteiger partial charge in [0, 0.05) is 4.47 Å². The second-order valence-corrected chi connectivity index (χ2v) is 4.96. The van der Waals surface area contributed by atoms with Gasteiger partial charge in [0.1, 0.15) is 0 Å². The van der Waals surface area contributed by atoms with Crippen LogP contribution in [0.3, 0.4) is 0 Å². The van der Waals surface area contributed by atoms with Crippen LogP contribution in [0.1, 0.15) is 37.0 Å². The van der Waals surface area contributed by atoms with Crippen LogP contribution in [0.4, 0.5) is 0 Å². The summed E-state index contributed by atoms with van der Waals surface area (Å²) in [5.41, 5.74) is 5.65. The average Bonchev–Trinajstić information content (AvgIpc) is 2.76. The normalized spacial score (nSPS) is 15.8. The van der Waals surface area contributed by atoms with Crippen LogP contribution in [-0.4, -0.2) is 0 Å². The van der Waals surface area contributed by atoms with Gasteiger partial charge in [-0.3, -0.25) is 0 Å². The molecule has 84 valence electrons. The molecule has 0 bridgehead atoms. The summed E-state index contributed by atoms with van der Waals surface area (Å²) in [6.45, 7) is 4.15. The zero-order chi connectivity index (χ0) is 11.5. The van der Waals surface area contributed by atoms with Crippen molar-refractivity contribution < 1.29 is 0 Å². The standard InChI is InChI=1S/C15H17Br/c1-3-6-11(4-2)14-10-9-12-7-5-8-13(12)15(14)16/h3-4,6,9-10H,5,7-8H2,1-2H3/b6-3-,11-4+. The summed E-state index contributed by atoms with van der Waals surface area (Å²) in [7, 11) is 0. The molecule has 2 rings (SSSR count). The third kappa shape index (κ3) is 2.01. The molecule has 16 heavy (non-hydrogen) atoms. The number of benzene rings is 1. The Hall–Kier alpha value is -0.820. The lowest BCUT2D eigenvalue weighted by Crippen LogP contribution is -1.90. The van der Waals surface area contributed by atoms with Crippen LogP contribution < -0.4 is 0 Å². The minimum atomic E-state index is 1.22. The Morgan fingerprint density at radius 2 is 2.06 bits per heavy atom. The van der Waals surface area contributed by atoms with Crippen LogP contribution in [0.15, 0.2) is 34.8 Å². The zero-order valence-corrected chi connectivity index (χ0v) is 11.5. The maximum Gasteiger partial charge on any atom is 0.0288 e. The molecule has 0 N–H and O–H groups in total. The van der Waals surface area contributed by atoms with E-state index in [4.69, 9.17) is 0 Å². The number of allylic oxidation sites excluding steroid dienone is 4. The third-order valence-electron chi connectivity index (χ3n) is 3.18. The first kappa shape index (κ1) is 11.7. The minimum Gasteiger partial charge on any atom is -0.0871 e. The number of halogens is 1. The van der Waals surface area contributed by atoms with Crippen molar-refractivity contribution in [2.75, 3.05) is 0 Å². The summed E-state index contributed by atoms with van der Waals surface area (Å²) < 4.78 is 1.30. The van der Waals surface area contributed by atoms with E-state index in [1.165, 1.54) is 46.0 Å². The first-order valence-corrected chi connectivity index (χ1v) is 6.67. The number of fused-ring (bicyclic) bond motifs is 1. The minimum absolute atomic E-state index is 1.22. The van der Waals surface area contributed by atoms with Gasteiger partial charge >= 0.3 is 0 Å². The molecule has 0 heterocycles. The summed E-state index contributed by atoms with van der Waals surface area (Å²) in [4.78, 5) is 0. The average molecular weight is 277 g/mol. The van der Waals surface area contributed by atoms with Crippen molar-refractivity contribution in [3.63, 3.8) is 0 Å². The summed E-state index contributed by atoms with van der Waals surface area (Å²) in [5.74, 6) is 0. The van der Waals surface area contributed by atoms with E-state index < -0.39 is 0 Å². The van der Waals surface area contributed by atoms with Crippen LogP contribution in [0, 0.1) is 0 Å². The molecule has 0 aromatic heterocycles.